The second kappa shape index (κ2) is 10.6. The number of rotatable bonds is 9. The van der Waals surface area contributed by atoms with Gasteiger partial charge in [0.15, 0.2) is 0 Å². The lowest BCUT2D eigenvalue weighted by Crippen LogP contribution is -2.53. The minimum absolute atomic E-state index is 0.158. The zero-order valence-corrected chi connectivity index (χ0v) is 18.3. The maximum Gasteiger partial charge on any atom is 0.326 e. The first kappa shape index (κ1) is 24.5. The lowest BCUT2D eigenvalue weighted by atomic mass is 10.00. The van der Waals surface area contributed by atoms with Crippen molar-refractivity contribution in [2.24, 2.45) is 0 Å². The van der Waals surface area contributed by atoms with Crippen molar-refractivity contribution in [3.63, 3.8) is 0 Å². The fourth-order valence-corrected chi connectivity index (χ4v) is 3.49. The number of aromatic nitrogens is 1. The fraction of sp³-hybridized carbons (Fsp3) is 0.174. The number of nitrogens with one attached hydrogen (secondary N) is 3. The molecule has 34 heavy (non-hydrogen) atoms. The first-order chi connectivity index (χ1) is 16.1. The summed E-state index contributed by atoms with van der Waals surface area (Å²) in [5.74, 6) is -4.52. The second-order valence-corrected chi connectivity index (χ2v) is 7.88. The van der Waals surface area contributed by atoms with Crippen molar-refractivity contribution in [3.8, 4) is 0 Å². The highest BCUT2D eigenvalue weighted by Crippen LogP contribution is 2.17. The van der Waals surface area contributed by atoms with Crippen molar-refractivity contribution >= 4 is 46.3 Å². The SMILES string of the molecule is O=C(O)C[C@@H](NC(=O)[C@H](Cc1cc(=O)[nH]c2ccccc12)NC(=O)c1ccc(Cl)cc1)C(=O)O. The van der Waals surface area contributed by atoms with Gasteiger partial charge in [0.25, 0.3) is 5.91 Å². The highest BCUT2D eigenvalue weighted by Gasteiger charge is 2.29. The van der Waals surface area contributed by atoms with Gasteiger partial charge in [-0.05, 0) is 35.9 Å². The minimum atomic E-state index is -1.71. The average molecular weight is 486 g/mol. The molecule has 0 bridgehead atoms. The number of H-pyrrole nitrogens is 1. The molecule has 0 radical (unpaired) electrons. The van der Waals surface area contributed by atoms with Gasteiger partial charge in [-0.25, -0.2) is 4.79 Å². The summed E-state index contributed by atoms with van der Waals surface area (Å²) in [6.45, 7) is 0. The molecule has 0 aliphatic rings. The molecule has 0 spiro atoms. The molecule has 2 atom stereocenters. The summed E-state index contributed by atoms with van der Waals surface area (Å²) in [7, 11) is 0. The van der Waals surface area contributed by atoms with E-state index in [4.69, 9.17) is 16.7 Å². The largest absolute Gasteiger partial charge is 0.481 e. The van der Waals surface area contributed by atoms with Gasteiger partial charge in [-0.2, -0.15) is 0 Å². The number of para-hydroxylation sites is 1. The van der Waals surface area contributed by atoms with Gasteiger partial charge in [-0.1, -0.05) is 29.8 Å². The highest BCUT2D eigenvalue weighted by molar-refractivity contribution is 6.30. The number of carbonyl (C=O) groups is 4. The first-order valence-corrected chi connectivity index (χ1v) is 10.4. The molecule has 0 saturated heterocycles. The number of carbonyl (C=O) groups excluding carboxylic acids is 2. The number of halogens is 1. The normalized spacial score (nSPS) is 12.5. The number of carboxylic acid groups (broad SMARTS) is 2. The molecule has 0 saturated carbocycles. The molecule has 0 fully saturated rings. The van der Waals surface area contributed by atoms with E-state index in [2.05, 4.69) is 15.6 Å². The maximum absolute atomic E-state index is 13.0. The molecular weight excluding hydrogens is 466 g/mol. The molecule has 2 aromatic carbocycles. The van der Waals surface area contributed by atoms with E-state index in [1.807, 2.05) is 0 Å². The van der Waals surface area contributed by atoms with E-state index in [0.29, 0.717) is 21.5 Å². The second-order valence-electron chi connectivity index (χ2n) is 7.44. The molecule has 3 rings (SSSR count). The number of fused-ring (bicyclic) bond motifs is 1. The molecule has 0 aliphatic heterocycles. The van der Waals surface area contributed by atoms with Gasteiger partial charge < -0.3 is 25.8 Å². The molecule has 3 aromatic rings. The summed E-state index contributed by atoms with van der Waals surface area (Å²) < 4.78 is 0. The smallest absolute Gasteiger partial charge is 0.326 e. The van der Waals surface area contributed by atoms with Gasteiger partial charge in [0, 0.05) is 34.0 Å². The Balaban J connectivity index is 1.94. The number of aliphatic carboxylic acids is 2. The summed E-state index contributed by atoms with van der Waals surface area (Å²) in [6, 6.07) is 11.0. The van der Waals surface area contributed by atoms with Crippen LogP contribution in [0.15, 0.2) is 59.4 Å². The predicted molar refractivity (Wildman–Crippen MR) is 123 cm³/mol. The first-order valence-electron chi connectivity index (χ1n) is 10.1. The Morgan fingerprint density at radius 3 is 2.26 bits per heavy atom. The van der Waals surface area contributed by atoms with E-state index in [-0.39, 0.29) is 12.0 Å². The zero-order chi connectivity index (χ0) is 24.8. The van der Waals surface area contributed by atoms with Crippen molar-refractivity contribution < 1.29 is 29.4 Å². The predicted octanol–water partition coefficient (Wildman–Crippen LogP) is 1.57. The Labute approximate surface area is 197 Å². The molecule has 10 nitrogen and oxygen atoms in total. The monoisotopic (exact) mass is 485 g/mol. The molecule has 11 heteroatoms. The summed E-state index contributed by atoms with van der Waals surface area (Å²) in [6.07, 6.45) is -1.01. The van der Waals surface area contributed by atoms with Gasteiger partial charge in [0.1, 0.15) is 12.1 Å². The molecule has 2 amide bonds. The van der Waals surface area contributed by atoms with Crippen molar-refractivity contribution in [3.05, 3.63) is 81.1 Å². The third kappa shape index (κ3) is 6.20. The van der Waals surface area contributed by atoms with Crippen molar-refractivity contribution in [1.82, 2.24) is 15.6 Å². The molecule has 0 aliphatic carbocycles. The zero-order valence-electron chi connectivity index (χ0n) is 17.6. The Bertz CT molecular complexity index is 1300. The number of hydrogen-bond donors (Lipinski definition) is 5. The van der Waals surface area contributed by atoms with E-state index < -0.39 is 47.8 Å². The van der Waals surface area contributed by atoms with Crippen LogP contribution in [-0.4, -0.2) is 51.0 Å². The molecular formula is C23H20ClN3O7. The van der Waals surface area contributed by atoms with Crippen LogP contribution in [0.4, 0.5) is 0 Å². The summed E-state index contributed by atoms with van der Waals surface area (Å²) >= 11 is 5.85. The van der Waals surface area contributed by atoms with E-state index in [9.17, 15) is 29.1 Å². The van der Waals surface area contributed by atoms with Gasteiger partial charge in [-0.3, -0.25) is 19.2 Å². The van der Waals surface area contributed by atoms with Gasteiger partial charge >= 0.3 is 11.9 Å². The van der Waals surface area contributed by atoms with E-state index in [1.165, 1.54) is 30.3 Å². The quantitative estimate of drug-likeness (QED) is 0.306. The number of hydrogen-bond acceptors (Lipinski definition) is 5. The standard InChI is InChI=1S/C23H20ClN3O7/c24-14-7-5-12(6-8-14)21(31)26-17(22(32)27-18(23(33)34)11-20(29)30)9-13-10-19(28)25-16-4-2-1-3-15(13)16/h1-8,10,17-18H,9,11H2,(H,25,28)(H,26,31)(H,27,32)(H,29,30)(H,33,34)/t17-,18+/m0/s1. The molecule has 5 N–H and O–H groups in total. The topological polar surface area (TPSA) is 166 Å². The van der Waals surface area contributed by atoms with Crippen molar-refractivity contribution in [2.75, 3.05) is 0 Å². The van der Waals surface area contributed by atoms with E-state index in [1.54, 1.807) is 24.3 Å². The third-order valence-corrected chi connectivity index (χ3v) is 5.23. The number of pyridine rings is 1. The van der Waals surface area contributed by atoms with Gasteiger partial charge in [0.2, 0.25) is 11.5 Å². The van der Waals surface area contributed by atoms with Crippen LogP contribution < -0.4 is 16.2 Å². The molecule has 176 valence electrons. The summed E-state index contributed by atoms with van der Waals surface area (Å²) in [5.41, 5.74) is 0.716. The number of amides is 2. The molecule has 0 unspecified atom stereocenters. The highest BCUT2D eigenvalue weighted by atomic mass is 35.5. The van der Waals surface area contributed by atoms with Crippen LogP contribution in [0.5, 0.6) is 0 Å². The van der Waals surface area contributed by atoms with Crippen molar-refractivity contribution in [2.45, 2.75) is 24.9 Å². The fourth-order valence-electron chi connectivity index (χ4n) is 3.36. The van der Waals surface area contributed by atoms with Crippen LogP contribution in [0.1, 0.15) is 22.3 Å². The summed E-state index contributed by atoms with van der Waals surface area (Å²) in [4.78, 5) is 63.0. The molecule has 1 aromatic heterocycles. The number of aromatic amines is 1. The van der Waals surface area contributed by atoms with Crippen LogP contribution in [0.25, 0.3) is 10.9 Å². The Morgan fingerprint density at radius 2 is 1.62 bits per heavy atom. The van der Waals surface area contributed by atoms with Crippen molar-refractivity contribution in [1.29, 1.82) is 0 Å². The lowest BCUT2D eigenvalue weighted by Gasteiger charge is -2.21. The van der Waals surface area contributed by atoms with Crippen LogP contribution in [0.2, 0.25) is 5.02 Å². The van der Waals surface area contributed by atoms with Crippen LogP contribution in [0.3, 0.4) is 0 Å². The van der Waals surface area contributed by atoms with Gasteiger partial charge in [0.05, 0.1) is 6.42 Å². The Morgan fingerprint density at radius 1 is 0.941 bits per heavy atom. The van der Waals surface area contributed by atoms with Crippen LogP contribution in [-0.2, 0) is 20.8 Å². The van der Waals surface area contributed by atoms with Crippen LogP contribution >= 0.6 is 11.6 Å². The minimum Gasteiger partial charge on any atom is -0.481 e. The van der Waals surface area contributed by atoms with Gasteiger partial charge in [-0.15, -0.1) is 0 Å². The Hall–Kier alpha value is -4.18. The number of carboxylic acids is 2. The summed E-state index contributed by atoms with van der Waals surface area (Å²) in [5, 5.41) is 24.0. The van der Waals surface area contributed by atoms with E-state index >= 15 is 0 Å². The number of benzene rings is 2. The molecule has 1 heterocycles. The van der Waals surface area contributed by atoms with E-state index in [0.717, 1.165) is 0 Å². The van der Waals surface area contributed by atoms with Crippen LogP contribution in [0, 0.1) is 0 Å². The average Bonchev–Trinajstić information content (AvgIpc) is 2.78. The lowest BCUT2D eigenvalue weighted by molar-refractivity contribution is -0.147. The maximum atomic E-state index is 13.0. The Kier molecular flexibility index (Phi) is 7.64. The third-order valence-electron chi connectivity index (χ3n) is 4.98.